The number of anilines is 1. The highest BCUT2D eigenvalue weighted by Gasteiger charge is 2.27. The Bertz CT molecular complexity index is 405. The second-order valence-electron chi connectivity index (χ2n) is 3.58. The number of hydrogen-bond donors (Lipinski definition) is 1. The molecule has 2 amide bonds. The Kier molecular flexibility index (Phi) is 3.14. The van der Waals surface area contributed by atoms with Gasteiger partial charge in [-0.25, -0.2) is 0 Å². The molecule has 0 aromatic heterocycles. The fraction of sp³-hybridized carbons (Fsp3) is 0.273. The van der Waals surface area contributed by atoms with Crippen molar-refractivity contribution in [1.29, 1.82) is 0 Å². The van der Waals surface area contributed by atoms with Gasteiger partial charge in [0.15, 0.2) is 5.50 Å². The first-order chi connectivity index (χ1) is 7.70. The van der Waals surface area contributed by atoms with E-state index in [1.165, 1.54) is 16.7 Å². The van der Waals surface area contributed by atoms with Crippen LogP contribution < -0.4 is 10.2 Å². The van der Waals surface area contributed by atoms with Crippen molar-refractivity contribution in [2.24, 2.45) is 0 Å². The van der Waals surface area contributed by atoms with Crippen molar-refractivity contribution in [3.8, 4) is 0 Å². The Morgan fingerprint density at radius 1 is 1.44 bits per heavy atom. The lowest BCUT2D eigenvalue weighted by Gasteiger charge is -2.23. The predicted molar refractivity (Wildman–Crippen MR) is 64.1 cm³/mol. The van der Waals surface area contributed by atoms with Crippen LogP contribution in [0.15, 0.2) is 24.3 Å². The summed E-state index contributed by atoms with van der Waals surface area (Å²) in [4.78, 5) is 23.7. The number of rotatable bonds is 3. The number of carbonyl (C=O) groups excluding carboxylic acids is 2. The Morgan fingerprint density at radius 2 is 2.12 bits per heavy atom. The molecule has 1 atom stereocenters. The molecule has 4 nitrogen and oxygen atoms in total. The van der Waals surface area contributed by atoms with E-state index >= 15 is 0 Å². The maximum atomic E-state index is 11.1. The largest absolute Gasteiger partial charge is 0.326 e. The zero-order chi connectivity index (χ0) is 11.5. The van der Waals surface area contributed by atoms with Crippen LogP contribution in [0.5, 0.6) is 0 Å². The molecule has 0 spiro atoms. The van der Waals surface area contributed by atoms with Gasteiger partial charge in [0.1, 0.15) is 0 Å². The topological polar surface area (TPSA) is 49.4 Å². The monoisotopic (exact) mass is 236 g/mol. The van der Waals surface area contributed by atoms with Gasteiger partial charge in [0.05, 0.1) is 5.75 Å². The molecule has 0 radical (unpaired) electrons. The van der Waals surface area contributed by atoms with Gasteiger partial charge >= 0.3 is 0 Å². The van der Waals surface area contributed by atoms with E-state index in [-0.39, 0.29) is 11.4 Å². The summed E-state index contributed by atoms with van der Waals surface area (Å²) in [5, 5.41) is 2.74. The molecule has 1 aliphatic heterocycles. The number of amides is 2. The van der Waals surface area contributed by atoms with Crippen LogP contribution in [0, 0.1) is 6.92 Å². The quantitative estimate of drug-likeness (QED) is 0.800. The molecule has 0 aliphatic carbocycles. The average Bonchev–Trinajstić information content (AvgIpc) is 2.69. The van der Waals surface area contributed by atoms with Crippen molar-refractivity contribution in [3.63, 3.8) is 0 Å². The van der Waals surface area contributed by atoms with Gasteiger partial charge in [0, 0.05) is 5.69 Å². The highest BCUT2D eigenvalue weighted by molar-refractivity contribution is 8.01. The van der Waals surface area contributed by atoms with Crippen LogP contribution in [0.3, 0.4) is 0 Å². The van der Waals surface area contributed by atoms with E-state index < -0.39 is 0 Å². The number of carbonyl (C=O) groups is 2. The third kappa shape index (κ3) is 2.19. The van der Waals surface area contributed by atoms with Crippen molar-refractivity contribution in [3.05, 3.63) is 29.8 Å². The van der Waals surface area contributed by atoms with Gasteiger partial charge in [-0.2, -0.15) is 0 Å². The fourth-order valence-corrected chi connectivity index (χ4v) is 2.43. The highest BCUT2D eigenvalue weighted by atomic mass is 32.2. The zero-order valence-corrected chi connectivity index (χ0v) is 9.66. The standard InChI is InChI=1S/C11H12N2O2S/c1-8-2-4-9(5-3-8)13(7-14)11-12-10(15)6-16-11/h2-5,7,11H,6H2,1H3,(H,12,15). The minimum absolute atomic E-state index is 0.0334. The summed E-state index contributed by atoms with van der Waals surface area (Å²) in [7, 11) is 0. The molecular weight excluding hydrogens is 224 g/mol. The predicted octanol–water partition coefficient (Wildman–Crippen LogP) is 1.10. The third-order valence-corrected chi connectivity index (χ3v) is 3.44. The summed E-state index contributed by atoms with van der Waals surface area (Å²) in [6, 6.07) is 7.62. The van der Waals surface area contributed by atoms with Gasteiger partial charge in [-0.05, 0) is 19.1 Å². The van der Waals surface area contributed by atoms with Crippen LogP contribution in [-0.2, 0) is 9.59 Å². The van der Waals surface area contributed by atoms with E-state index in [9.17, 15) is 9.59 Å². The smallest absolute Gasteiger partial charge is 0.232 e. The average molecular weight is 236 g/mol. The summed E-state index contributed by atoms with van der Waals surface area (Å²) in [5.41, 5.74) is 1.64. The van der Waals surface area contributed by atoms with Crippen molar-refractivity contribution in [1.82, 2.24) is 5.32 Å². The Labute approximate surface area is 98.0 Å². The number of thioether (sulfide) groups is 1. The second kappa shape index (κ2) is 4.57. The first-order valence-corrected chi connectivity index (χ1v) is 5.97. The molecule has 1 aromatic rings. The lowest BCUT2D eigenvalue weighted by atomic mass is 10.2. The van der Waals surface area contributed by atoms with Crippen LogP contribution in [0.2, 0.25) is 0 Å². The lowest BCUT2D eigenvalue weighted by molar-refractivity contribution is -0.118. The van der Waals surface area contributed by atoms with Crippen molar-refractivity contribution < 1.29 is 9.59 Å². The van der Waals surface area contributed by atoms with Gasteiger partial charge in [0.25, 0.3) is 0 Å². The van der Waals surface area contributed by atoms with E-state index in [1.807, 2.05) is 31.2 Å². The highest BCUT2D eigenvalue weighted by Crippen LogP contribution is 2.24. The first kappa shape index (κ1) is 11.0. The maximum absolute atomic E-state index is 11.1. The van der Waals surface area contributed by atoms with Crippen LogP contribution in [0.25, 0.3) is 0 Å². The van der Waals surface area contributed by atoms with Crippen molar-refractivity contribution in [2.75, 3.05) is 10.7 Å². The third-order valence-electron chi connectivity index (χ3n) is 2.36. The number of benzene rings is 1. The SMILES string of the molecule is Cc1ccc(N(C=O)C2NC(=O)CS2)cc1. The van der Waals surface area contributed by atoms with Gasteiger partial charge in [-0.3, -0.25) is 14.5 Å². The molecule has 84 valence electrons. The van der Waals surface area contributed by atoms with E-state index in [0.29, 0.717) is 5.75 Å². The summed E-state index contributed by atoms with van der Waals surface area (Å²) >= 11 is 1.42. The first-order valence-electron chi connectivity index (χ1n) is 4.92. The van der Waals surface area contributed by atoms with Crippen LogP contribution >= 0.6 is 11.8 Å². The minimum atomic E-state index is -0.285. The Balaban J connectivity index is 2.19. The molecule has 5 heteroatoms. The fourth-order valence-electron chi connectivity index (χ4n) is 1.49. The van der Waals surface area contributed by atoms with E-state index in [1.54, 1.807) is 0 Å². The molecule has 1 saturated heterocycles. The van der Waals surface area contributed by atoms with Gasteiger partial charge in [-0.1, -0.05) is 17.7 Å². The molecule has 0 saturated carbocycles. The van der Waals surface area contributed by atoms with Gasteiger partial charge in [-0.15, -0.1) is 11.8 Å². The molecule has 16 heavy (non-hydrogen) atoms. The van der Waals surface area contributed by atoms with Gasteiger partial charge in [0.2, 0.25) is 12.3 Å². The zero-order valence-electron chi connectivity index (χ0n) is 8.84. The molecule has 1 heterocycles. The molecule has 2 rings (SSSR count). The van der Waals surface area contributed by atoms with Crippen LogP contribution in [0.4, 0.5) is 5.69 Å². The van der Waals surface area contributed by atoms with Crippen LogP contribution in [-0.4, -0.2) is 23.6 Å². The van der Waals surface area contributed by atoms with E-state index in [4.69, 9.17) is 0 Å². The normalized spacial score (nSPS) is 19.3. The van der Waals surface area contributed by atoms with Crippen molar-refractivity contribution >= 4 is 29.8 Å². The van der Waals surface area contributed by atoms with Gasteiger partial charge < -0.3 is 5.32 Å². The summed E-state index contributed by atoms with van der Waals surface area (Å²) in [6.45, 7) is 1.99. The molecular formula is C11H12N2O2S. The second-order valence-corrected chi connectivity index (χ2v) is 4.65. The Hall–Kier alpha value is -1.49. The molecule has 0 bridgehead atoms. The summed E-state index contributed by atoms with van der Waals surface area (Å²) in [6.07, 6.45) is 0.744. The Morgan fingerprint density at radius 3 is 2.62 bits per heavy atom. The number of nitrogens with zero attached hydrogens (tertiary/aromatic N) is 1. The number of aryl methyl sites for hydroxylation is 1. The van der Waals surface area contributed by atoms with Crippen LogP contribution in [0.1, 0.15) is 5.56 Å². The maximum Gasteiger partial charge on any atom is 0.232 e. The van der Waals surface area contributed by atoms with E-state index in [2.05, 4.69) is 5.32 Å². The summed E-state index contributed by atoms with van der Waals surface area (Å²) in [5.74, 6) is 0.370. The van der Waals surface area contributed by atoms with Crippen molar-refractivity contribution in [2.45, 2.75) is 12.4 Å². The molecule has 1 aliphatic rings. The molecule has 1 unspecified atom stereocenters. The lowest BCUT2D eigenvalue weighted by Crippen LogP contribution is -2.40. The number of nitrogens with one attached hydrogen (secondary N) is 1. The molecule has 1 N–H and O–H groups in total. The minimum Gasteiger partial charge on any atom is -0.326 e. The molecule has 1 aromatic carbocycles. The summed E-state index contributed by atoms with van der Waals surface area (Å²) < 4.78 is 0. The molecule has 1 fully saturated rings. The number of hydrogen-bond acceptors (Lipinski definition) is 3. The van der Waals surface area contributed by atoms with E-state index in [0.717, 1.165) is 17.7 Å².